The second kappa shape index (κ2) is 7.70. The zero-order chi connectivity index (χ0) is 22.5. The minimum absolute atomic E-state index is 0.789. The summed E-state index contributed by atoms with van der Waals surface area (Å²) in [5, 5.41) is 0. The maximum absolute atomic E-state index is 3.63. The van der Waals surface area contributed by atoms with Gasteiger partial charge in [-0.1, -0.05) is 84.9 Å². The van der Waals surface area contributed by atoms with Gasteiger partial charge in [-0.05, 0) is 34.4 Å². The van der Waals surface area contributed by atoms with E-state index in [-0.39, 0.29) is 0 Å². The molecule has 7 rings (SSSR count). The van der Waals surface area contributed by atoms with E-state index >= 15 is 0 Å². The van der Waals surface area contributed by atoms with Gasteiger partial charge >= 0.3 is 0 Å². The van der Waals surface area contributed by atoms with Gasteiger partial charge in [-0.3, -0.25) is 0 Å². The molecule has 4 aromatic carbocycles. The van der Waals surface area contributed by atoms with Crippen molar-refractivity contribution in [2.75, 3.05) is 0 Å². The van der Waals surface area contributed by atoms with Gasteiger partial charge < -0.3 is 18.3 Å². The lowest BCUT2D eigenvalue weighted by Crippen LogP contribution is -2.35. The maximum atomic E-state index is 3.63. The van der Waals surface area contributed by atoms with E-state index in [1.165, 1.54) is 44.3 Å². The Morgan fingerprint density at radius 3 is 1.47 bits per heavy atom. The maximum Gasteiger partial charge on any atom is 0.205 e. The molecule has 0 N–H and O–H groups in total. The predicted octanol–water partition coefficient (Wildman–Crippen LogP) is 4.28. The third-order valence-electron chi connectivity index (χ3n) is 6.76. The molecule has 0 spiro atoms. The van der Waals surface area contributed by atoms with Gasteiger partial charge in [0.1, 0.15) is 0 Å². The Bertz CT molecular complexity index is 1430. The van der Waals surface area contributed by atoms with Gasteiger partial charge in [-0.25, -0.2) is 0 Å². The molecular formula is C30H24N4. The third kappa shape index (κ3) is 3.30. The van der Waals surface area contributed by atoms with E-state index in [0.717, 1.165) is 26.2 Å². The monoisotopic (exact) mass is 440 g/mol. The zero-order valence-corrected chi connectivity index (χ0v) is 18.9. The average molecular weight is 441 g/mol. The highest BCUT2D eigenvalue weighted by Gasteiger charge is 2.12. The topological polar surface area (TPSA) is 17.6 Å². The molecule has 2 aromatic heterocycles. The first-order chi connectivity index (χ1) is 16.8. The Morgan fingerprint density at radius 1 is 0.500 bits per heavy atom. The summed E-state index contributed by atoms with van der Waals surface area (Å²) in [6.45, 7) is 3.16. The lowest BCUT2D eigenvalue weighted by atomic mass is 10.1. The van der Waals surface area contributed by atoms with Crippen molar-refractivity contribution in [3.63, 3.8) is 0 Å². The first-order valence-electron chi connectivity index (χ1n) is 11.8. The molecule has 4 heteroatoms. The van der Waals surface area contributed by atoms with Crippen LogP contribution in [0.4, 0.5) is 0 Å². The number of rotatable bonds is 0. The van der Waals surface area contributed by atoms with E-state index in [1.54, 1.807) is 0 Å². The summed E-state index contributed by atoms with van der Waals surface area (Å²) in [6, 6.07) is 35.0. The number of hydrogen-bond donors (Lipinski definition) is 0. The Kier molecular flexibility index (Phi) is 4.37. The SMILES string of the molecule is [c-]1n2c3ccccc3[n+]1Cc1cccc(c1)C[n+]1[c-]n(c3ccccc31)Cc1cccc(c1)C2. The lowest BCUT2D eigenvalue weighted by Gasteiger charge is -2.08. The van der Waals surface area contributed by atoms with Crippen molar-refractivity contribution in [1.29, 1.82) is 0 Å². The normalized spacial score (nSPS) is 13.4. The van der Waals surface area contributed by atoms with Crippen LogP contribution in [0.25, 0.3) is 22.1 Å². The predicted molar refractivity (Wildman–Crippen MR) is 131 cm³/mol. The van der Waals surface area contributed by atoms with Gasteiger partial charge in [0, 0.05) is 22.1 Å². The summed E-state index contributed by atoms with van der Waals surface area (Å²) >= 11 is 0. The molecule has 0 saturated carbocycles. The fraction of sp³-hybridized carbons (Fsp3) is 0.133. The molecule has 0 amide bonds. The second-order valence-electron chi connectivity index (χ2n) is 9.16. The van der Waals surface area contributed by atoms with Gasteiger partial charge in [-0.2, -0.15) is 0 Å². The quantitative estimate of drug-likeness (QED) is 0.248. The molecule has 34 heavy (non-hydrogen) atoms. The largest absolute Gasteiger partial charge is 0.340 e. The molecular weight excluding hydrogens is 416 g/mol. The van der Waals surface area contributed by atoms with E-state index in [0.29, 0.717) is 0 Å². The molecule has 3 heterocycles. The number of aromatic nitrogens is 4. The summed E-state index contributed by atoms with van der Waals surface area (Å²) in [5.74, 6) is 0. The number of benzene rings is 4. The summed E-state index contributed by atoms with van der Waals surface area (Å²) in [4.78, 5) is 0. The van der Waals surface area contributed by atoms with E-state index in [4.69, 9.17) is 0 Å². The summed E-state index contributed by atoms with van der Waals surface area (Å²) in [5.41, 5.74) is 9.94. The Balaban J connectivity index is 1.43. The van der Waals surface area contributed by atoms with Gasteiger partial charge in [-0.15, -0.1) is 0 Å². The summed E-state index contributed by atoms with van der Waals surface area (Å²) < 4.78 is 8.98. The van der Waals surface area contributed by atoms with Crippen LogP contribution in [0.1, 0.15) is 22.3 Å². The molecule has 0 fully saturated rings. The highest BCUT2D eigenvalue weighted by atomic mass is 15.1. The minimum atomic E-state index is 0.789. The molecule has 0 unspecified atom stereocenters. The molecule has 0 saturated heterocycles. The van der Waals surface area contributed by atoms with Crippen LogP contribution in [0.15, 0.2) is 97.1 Å². The van der Waals surface area contributed by atoms with Gasteiger partial charge in [0.15, 0.2) is 0 Å². The van der Waals surface area contributed by atoms with Gasteiger partial charge in [0.05, 0.1) is 26.2 Å². The molecule has 1 aliphatic rings. The van der Waals surface area contributed by atoms with Crippen molar-refractivity contribution in [2.24, 2.45) is 0 Å². The molecule has 1 aliphatic heterocycles. The first-order valence-corrected chi connectivity index (χ1v) is 11.8. The molecule has 164 valence electrons. The molecule has 0 aliphatic carbocycles. The number of nitrogens with zero attached hydrogens (tertiary/aromatic N) is 4. The molecule has 0 radical (unpaired) electrons. The molecule has 0 atom stereocenters. The Hall–Kier alpha value is -4.18. The lowest BCUT2D eigenvalue weighted by molar-refractivity contribution is -0.668. The molecule has 4 nitrogen and oxygen atoms in total. The first kappa shape index (κ1) is 19.3. The fourth-order valence-electron chi connectivity index (χ4n) is 5.21. The van der Waals surface area contributed by atoms with Crippen LogP contribution >= 0.6 is 0 Å². The second-order valence-corrected chi connectivity index (χ2v) is 9.16. The van der Waals surface area contributed by atoms with Gasteiger partial charge in [0.2, 0.25) is 12.7 Å². The van der Waals surface area contributed by atoms with Crippen LogP contribution in [0.5, 0.6) is 0 Å². The number of para-hydroxylation sites is 4. The van der Waals surface area contributed by atoms with Crippen LogP contribution in [0.2, 0.25) is 0 Å². The van der Waals surface area contributed by atoms with Crippen molar-refractivity contribution in [3.05, 3.63) is 132 Å². The Labute approximate surface area is 198 Å². The molecule has 6 aromatic rings. The smallest absolute Gasteiger partial charge is 0.205 e. The van der Waals surface area contributed by atoms with Crippen molar-refractivity contribution >= 4 is 22.1 Å². The van der Waals surface area contributed by atoms with Crippen LogP contribution < -0.4 is 9.13 Å². The van der Waals surface area contributed by atoms with Crippen molar-refractivity contribution < 1.29 is 9.13 Å². The standard InChI is InChI=1S/C30H24N4/c1-2-12-28-27(11-1)31-17-23-7-5-9-25(15-23)19-33-22-34(30-14-4-3-13-29(30)33)20-26-10-6-8-24(16-26)18-32(28)21-31/h1-16H,17-20H2. The van der Waals surface area contributed by atoms with Crippen molar-refractivity contribution in [1.82, 2.24) is 9.13 Å². The van der Waals surface area contributed by atoms with E-state index in [1.807, 2.05) is 0 Å². The van der Waals surface area contributed by atoms with E-state index < -0.39 is 0 Å². The Morgan fingerprint density at radius 2 is 0.941 bits per heavy atom. The van der Waals surface area contributed by atoms with E-state index in [2.05, 4.69) is 128 Å². The zero-order valence-electron chi connectivity index (χ0n) is 18.9. The van der Waals surface area contributed by atoms with Crippen LogP contribution in [-0.2, 0) is 26.2 Å². The van der Waals surface area contributed by atoms with E-state index in [9.17, 15) is 0 Å². The van der Waals surface area contributed by atoms with Crippen LogP contribution in [-0.4, -0.2) is 9.13 Å². The number of imidazole rings is 2. The highest BCUT2D eigenvalue weighted by Crippen LogP contribution is 2.18. The number of fused-ring (bicyclic) bond motifs is 14. The minimum Gasteiger partial charge on any atom is -0.340 e. The molecule has 8 bridgehead atoms. The fourth-order valence-corrected chi connectivity index (χ4v) is 5.21. The van der Waals surface area contributed by atoms with Crippen LogP contribution in [0.3, 0.4) is 0 Å². The average Bonchev–Trinajstić information content (AvgIpc) is 3.37. The third-order valence-corrected chi connectivity index (χ3v) is 6.76. The summed E-state index contributed by atoms with van der Waals surface area (Å²) in [6.07, 6.45) is 7.27. The highest BCUT2D eigenvalue weighted by molar-refractivity contribution is 5.72. The number of hydrogen-bond acceptors (Lipinski definition) is 0. The van der Waals surface area contributed by atoms with Crippen LogP contribution in [0, 0.1) is 12.7 Å². The van der Waals surface area contributed by atoms with Gasteiger partial charge in [0.25, 0.3) is 0 Å². The summed E-state index contributed by atoms with van der Waals surface area (Å²) in [7, 11) is 0. The van der Waals surface area contributed by atoms with Crippen molar-refractivity contribution in [3.8, 4) is 0 Å². The van der Waals surface area contributed by atoms with Crippen molar-refractivity contribution in [2.45, 2.75) is 26.2 Å².